The van der Waals surface area contributed by atoms with Gasteiger partial charge >= 0.3 is 24.4 Å². The normalized spacial score (nSPS) is 18.8. The fraction of sp³-hybridized carbons (Fsp3) is 0.355. The highest BCUT2D eigenvalue weighted by Gasteiger charge is 2.53. The summed E-state index contributed by atoms with van der Waals surface area (Å²) in [6.45, 7) is 2.94. The topological polar surface area (TPSA) is 255 Å². The van der Waals surface area contributed by atoms with Crippen molar-refractivity contribution < 1.29 is 57.4 Å². The van der Waals surface area contributed by atoms with Crippen LogP contribution in [0.5, 0.6) is 0 Å². The maximum absolute atomic E-state index is 12.9. The zero-order valence-corrected chi connectivity index (χ0v) is 26.1. The van der Waals surface area contributed by atoms with Gasteiger partial charge in [-0.15, -0.1) is 0 Å². The Morgan fingerprint density at radius 3 is 1.58 bits per heavy atom. The molecule has 48 heavy (non-hydrogen) atoms. The van der Waals surface area contributed by atoms with Crippen molar-refractivity contribution in [2.75, 3.05) is 6.54 Å². The number of esters is 1. The molecule has 2 fully saturated rings. The molecular formula is C31H35N5O12. The zero-order chi connectivity index (χ0) is 36.2. The van der Waals surface area contributed by atoms with E-state index in [0.29, 0.717) is 6.42 Å². The predicted molar refractivity (Wildman–Crippen MR) is 158 cm³/mol. The van der Waals surface area contributed by atoms with Crippen LogP contribution in [0.4, 0.5) is 4.79 Å². The minimum absolute atomic E-state index is 0.0246. The van der Waals surface area contributed by atoms with Gasteiger partial charge in [0.05, 0.1) is 12.8 Å². The van der Waals surface area contributed by atoms with Crippen LogP contribution in [-0.2, 0) is 65.8 Å². The molecule has 2 unspecified atom stereocenters. The van der Waals surface area contributed by atoms with Gasteiger partial charge in [-0.3, -0.25) is 45.3 Å². The Hall–Kier alpha value is -5.86. The van der Waals surface area contributed by atoms with Crippen LogP contribution in [0, 0.1) is 0 Å². The standard InChI is InChI=1S/C23H24N2O6.C6H11N3O2.2CO2/c1-2-23(13-19(26)24-21(23)28)25(22(29)31-16-18-11-7-4-8-12-18)14-20(27)30-15-17-9-5-3-6-10-17;1-2-6(9-7)3-4(10)8-5(6)11;2*2-1-3/h3-12H,2,13-16H2,1H3,(H,24,26,28);9H,2-3,7H2,1H3,(H,8,10,11);;. The largest absolute Gasteiger partial charge is 0.459 e. The lowest BCUT2D eigenvalue weighted by atomic mass is 9.92. The number of nitrogens with zero attached hydrogens (tertiary/aromatic N) is 1. The van der Waals surface area contributed by atoms with Gasteiger partial charge in [0, 0.05) is 0 Å². The molecule has 2 aliphatic rings. The van der Waals surface area contributed by atoms with Gasteiger partial charge in [0.25, 0.3) is 5.91 Å². The molecule has 5 amide bonds. The molecule has 4 rings (SSSR count). The summed E-state index contributed by atoms with van der Waals surface area (Å²) in [6.07, 6.45) is 0.179. The van der Waals surface area contributed by atoms with Gasteiger partial charge in [0.15, 0.2) is 0 Å². The van der Waals surface area contributed by atoms with Crippen molar-refractivity contribution >= 4 is 48.0 Å². The number of hydrogen-bond acceptors (Lipinski definition) is 14. The molecule has 0 aromatic heterocycles. The Balaban J connectivity index is 0.000000559. The third kappa shape index (κ3) is 11.5. The van der Waals surface area contributed by atoms with E-state index in [1.165, 1.54) is 0 Å². The molecule has 256 valence electrons. The Labute approximate surface area is 274 Å². The number of rotatable bonds is 10. The van der Waals surface area contributed by atoms with Crippen molar-refractivity contribution in [2.45, 2.75) is 63.8 Å². The Kier molecular flexibility index (Phi) is 17.0. The summed E-state index contributed by atoms with van der Waals surface area (Å²) in [5.74, 6) is 2.73. The summed E-state index contributed by atoms with van der Waals surface area (Å²) < 4.78 is 10.6. The third-order valence-electron chi connectivity index (χ3n) is 7.22. The number of nitrogens with two attached hydrogens (primary N) is 1. The molecular weight excluding hydrogens is 634 g/mol. The lowest BCUT2D eigenvalue weighted by molar-refractivity contribution is -0.193. The number of carbonyl (C=O) groups excluding carboxylic acids is 10. The fourth-order valence-electron chi connectivity index (χ4n) is 4.58. The van der Waals surface area contributed by atoms with Crippen LogP contribution in [0.15, 0.2) is 60.7 Å². The van der Waals surface area contributed by atoms with Crippen molar-refractivity contribution in [3.8, 4) is 0 Å². The maximum Gasteiger partial charge on any atom is 0.411 e. The van der Waals surface area contributed by atoms with E-state index in [1.807, 2.05) is 24.3 Å². The number of nitrogens with one attached hydrogen (secondary N) is 3. The maximum atomic E-state index is 12.9. The average Bonchev–Trinajstić information content (AvgIpc) is 3.55. The lowest BCUT2D eigenvalue weighted by Crippen LogP contribution is -2.57. The van der Waals surface area contributed by atoms with Crippen molar-refractivity contribution in [1.29, 1.82) is 0 Å². The summed E-state index contributed by atoms with van der Waals surface area (Å²) in [5.41, 5.74) is 1.54. The summed E-state index contributed by atoms with van der Waals surface area (Å²) in [4.78, 5) is 105. The number of amides is 5. The van der Waals surface area contributed by atoms with Crippen molar-refractivity contribution in [3.63, 3.8) is 0 Å². The van der Waals surface area contributed by atoms with E-state index >= 15 is 0 Å². The summed E-state index contributed by atoms with van der Waals surface area (Å²) in [5, 5.41) is 4.41. The zero-order valence-electron chi connectivity index (χ0n) is 26.1. The van der Waals surface area contributed by atoms with E-state index in [4.69, 9.17) is 34.5 Å². The monoisotopic (exact) mass is 669 g/mol. The van der Waals surface area contributed by atoms with Crippen molar-refractivity contribution in [2.24, 2.45) is 5.84 Å². The van der Waals surface area contributed by atoms with Crippen molar-refractivity contribution in [3.05, 3.63) is 71.8 Å². The molecule has 0 aliphatic carbocycles. The molecule has 17 heteroatoms. The summed E-state index contributed by atoms with van der Waals surface area (Å²) >= 11 is 0. The number of hydrogen-bond donors (Lipinski definition) is 4. The van der Waals surface area contributed by atoms with E-state index in [-0.39, 0.29) is 56.6 Å². The van der Waals surface area contributed by atoms with Gasteiger partial charge in [-0.1, -0.05) is 74.5 Å². The van der Waals surface area contributed by atoms with Crippen molar-refractivity contribution in [1.82, 2.24) is 21.0 Å². The highest BCUT2D eigenvalue weighted by atomic mass is 16.6. The first-order valence-electron chi connectivity index (χ1n) is 14.2. The number of carbonyl (C=O) groups is 6. The molecule has 2 saturated heterocycles. The van der Waals surface area contributed by atoms with Gasteiger partial charge in [-0.25, -0.2) is 10.2 Å². The lowest BCUT2D eigenvalue weighted by Gasteiger charge is -2.36. The van der Waals surface area contributed by atoms with E-state index in [2.05, 4.69) is 16.1 Å². The second-order valence-electron chi connectivity index (χ2n) is 10.0. The SMILES string of the molecule is CCC1(N(CC(=O)OCc2ccccc2)C(=O)OCc2ccccc2)CC(=O)NC1=O.CCC1(NN)CC(=O)NC1=O.O=C=O.O=C=O. The van der Waals surface area contributed by atoms with Crippen LogP contribution in [-0.4, -0.2) is 70.5 Å². The molecule has 2 aromatic carbocycles. The molecule has 0 radical (unpaired) electrons. The minimum Gasteiger partial charge on any atom is -0.459 e. The van der Waals surface area contributed by atoms with E-state index in [9.17, 15) is 28.8 Å². The van der Waals surface area contributed by atoms with Crippen LogP contribution < -0.4 is 21.9 Å². The molecule has 0 bridgehead atoms. The fourth-order valence-corrected chi connectivity index (χ4v) is 4.58. The first-order chi connectivity index (χ1) is 22.9. The van der Waals surface area contributed by atoms with Crippen LogP contribution >= 0.6 is 0 Å². The first kappa shape index (κ1) is 40.2. The van der Waals surface area contributed by atoms with Gasteiger partial charge in [0.1, 0.15) is 30.8 Å². The predicted octanol–water partition coefficient (Wildman–Crippen LogP) is 0.0419. The Morgan fingerprint density at radius 2 is 1.23 bits per heavy atom. The Morgan fingerprint density at radius 1 is 0.771 bits per heavy atom. The second kappa shape index (κ2) is 20.3. The first-order valence-corrected chi connectivity index (χ1v) is 14.2. The van der Waals surface area contributed by atoms with Crippen LogP contribution in [0.2, 0.25) is 0 Å². The number of ether oxygens (including phenoxy) is 2. The smallest absolute Gasteiger partial charge is 0.411 e. The molecule has 2 atom stereocenters. The van der Waals surface area contributed by atoms with Crippen LogP contribution in [0.3, 0.4) is 0 Å². The quantitative estimate of drug-likeness (QED) is 0.113. The molecule has 17 nitrogen and oxygen atoms in total. The third-order valence-corrected chi connectivity index (χ3v) is 7.22. The van der Waals surface area contributed by atoms with Crippen LogP contribution in [0.1, 0.15) is 50.7 Å². The van der Waals surface area contributed by atoms with E-state index < -0.39 is 41.5 Å². The van der Waals surface area contributed by atoms with Crippen LogP contribution in [0.25, 0.3) is 0 Å². The highest BCUT2D eigenvalue weighted by Crippen LogP contribution is 2.30. The highest BCUT2D eigenvalue weighted by molar-refractivity contribution is 6.10. The molecule has 2 aromatic rings. The molecule has 5 N–H and O–H groups in total. The second-order valence-corrected chi connectivity index (χ2v) is 10.0. The minimum atomic E-state index is -1.50. The van der Waals surface area contributed by atoms with E-state index in [0.717, 1.165) is 16.0 Å². The van der Waals surface area contributed by atoms with Gasteiger partial charge in [-0.05, 0) is 24.0 Å². The number of hydrazine groups is 1. The summed E-state index contributed by atoms with van der Waals surface area (Å²) in [6, 6.07) is 18.1. The number of imide groups is 2. The number of benzene rings is 2. The molecule has 2 heterocycles. The average molecular weight is 670 g/mol. The van der Waals surface area contributed by atoms with Gasteiger partial charge in [-0.2, -0.15) is 19.2 Å². The molecule has 0 saturated carbocycles. The Bertz CT molecular complexity index is 1470. The summed E-state index contributed by atoms with van der Waals surface area (Å²) in [7, 11) is 0. The van der Waals surface area contributed by atoms with Gasteiger partial charge in [0.2, 0.25) is 17.7 Å². The van der Waals surface area contributed by atoms with Gasteiger partial charge < -0.3 is 9.47 Å². The molecule has 2 aliphatic heterocycles. The van der Waals surface area contributed by atoms with E-state index in [1.54, 1.807) is 50.2 Å². The molecule has 0 spiro atoms.